The molecule has 0 aliphatic carbocycles. The van der Waals surface area contributed by atoms with Crippen LogP contribution in [0.3, 0.4) is 0 Å². The highest BCUT2D eigenvalue weighted by molar-refractivity contribution is 9.10. The highest BCUT2D eigenvalue weighted by Gasteiger charge is 2.16. The van der Waals surface area contributed by atoms with Crippen molar-refractivity contribution in [1.82, 2.24) is 9.78 Å². The molecule has 90 valence electrons. The van der Waals surface area contributed by atoms with Gasteiger partial charge >= 0.3 is 0 Å². The summed E-state index contributed by atoms with van der Waals surface area (Å²) in [5.74, 6) is -0.339. The summed E-state index contributed by atoms with van der Waals surface area (Å²) in [6.45, 7) is 4.65. The lowest BCUT2D eigenvalue weighted by Gasteiger charge is -2.07. The number of hydrogen-bond donors (Lipinski definition) is 0. The van der Waals surface area contributed by atoms with E-state index in [1.165, 1.54) is 12.1 Å². The quantitative estimate of drug-likeness (QED) is 0.801. The van der Waals surface area contributed by atoms with Crippen LogP contribution in [-0.4, -0.2) is 9.78 Å². The fourth-order valence-electron chi connectivity index (χ4n) is 1.73. The van der Waals surface area contributed by atoms with Crippen molar-refractivity contribution in [2.24, 2.45) is 0 Å². The van der Waals surface area contributed by atoms with E-state index >= 15 is 0 Å². The lowest BCUT2D eigenvalue weighted by Crippen LogP contribution is -1.99. The first-order chi connectivity index (χ1) is 8.04. The predicted molar refractivity (Wildman–Crippen MR) is 70.7 cm³/mol. The van der Waals surface area contributed by atoms with E-state index in [9.17, 15) is 4.39 Å². The Balaban J connectivity index is 2.67. The summed E-state index contributed by atoms with van der Waals surface area (Å²) >= 11 is 9.57. The minimum Gasteiger partial charge on any atom is -0.264 e. The first-order valence-electron chi connectivity index (χ1n) is 5.23. The molecule has 1 heterocycles. The monoisotopic (exact) mass is 316 g/mol. The Labute approximate surface area is 113 Å². The van der Waals surface area contributed by atoms with Crippen molar-refractivity contribution in [1.29, 1.82) is 0 Å². The lowest BCUT2D eigenvalue weighted by molar-refractivity contribution is 0.627. The second-order valence-electron chi connectivity index (χ2n) is 3.69. The van der Waals surface area contributed by atoms with Crippen LogP contribution in [0.25, 0.3) is 11.3 Å². The molecule has 0 saturated carbocycles. The zero-order valence-electron chi connectivity index (χ0n) is 9.47. The van der Waals surface area contributed by atoms with Crippen LogP contribution in [0.2, 0.25) is 5.02 Å². The van der Waals surface area contributed by atoms with Crippen molar-refractivity contribution in [3.63, 3.8) is 0 Å². The number of nitrogens with zero attached hydrogens (tertiary/aromatic N) is 2. The molecule has 2 nitrogen and oxygen atoms in total. The second-order valence-corrected chi connectivity index (χ2v) is 4.89. The van der Waals surface area contributed by atoms with E-state index in [-0.39, 0.29) is 5.82 Å². The van der Waals surface area contributed by atoms with Gasteiger partial charge in [0.15, 0.2) is 0 Å². The zero-order chi connectivity index (χ0) is 12.6. The Hall–Kier alpha value is -0.870. The first kappa shape index (κ1) is 12.6. The van der Waals surface area contributed by atoms with Crippen LogP contribution in [0.1, 0.15) is 12.6 Å². The van der Waals surface area contributed by atoms with E-state index in [1.807, 2.05) is 18.5 Å². The molecule has 0 spiro atoms. The highest BCUT2D eigenvalue weighted by atomic mass is 79.9. The van der Waals surface area contributed by atoms with Gasteiger partial charge in [0.1, 0.15) is 5.82 Å². The van der Waals surface area contributed by atoms with Crippen LogP contribution in [0, 0.1) is 12.7 Å². The Morgan fingerprint density at radius 2 is 2.18 bits per heavy atom. The summed E-state index contributed by atoms with van der Waals surface area (Å²) < 4.78 is 15.8. The first-order valence-corrected chi connectivity index (χ1v) is 6.40. The van der Waals surface area contributed by atoms with Crippen molar-refractivity contribution in [3.8, 4) is 11.3 Å². The van der Waals surface area contributed by atoms with Gasteiger partial charge in [-0.1, -0.05) is 11.6 Å². The van der Waals surface area contributed by atoms with E-state index in [2.05, 4.69) is 21.0 Å². The SMILES string of the molecule is CCn1nc(C)c(Br)c1-c1ccc(F)cc1Cl. The van der Waals surface area contributed by atoms with Crippen LogP contribution in [0.5, 0.6) is 0 Å². The summed E-state index contributed by atoms with van der Waals surface area (Å²) in [7, 11) is 0. The van der Waals surface area contributed by atoms with E-state index in [4.69, 9.17) is 11.6 Å². The third-order valence-corrected chi connectivity index (χ3v) is 3.80. The Morgan fingerprint density at radius 3 is 2.76 bits per heavy atom. The molecule has 0 N–H and O–H groups in total. The van der Waals surface area contributed by atoms with Crippen molar-refractivity contribution in [2.45, 2.75) is 20.4 Å². The van der Waals surface area contributed by atoms with Gasteiger partial charge in [0.2, 0.25) is 0 Å². The second kappa shape index (κ2) is 4.78. The van der Waals surface area contributed by atoms with Crippen molar-refractivity contribution in [2.75, 3.05) is 0 Å². The largest absolute Gasteiger partial charge is 0.264 e. The number of rotatable bonds is 2. The smallest absolute Gasteiger partial charge is 0.124 e. The van der Waals surface area contributed by atoms with E-state index in [0.717, 1.165) is 28.0 Å². The van der Waals surface area contributed by atoms with Gasteiger partial charge in [0.05, 0.1) is 20.9 Å². The Bertz CT molecular complexity index is 566. The fraction of sp³-hybridized carbons (Fsp3) is 0.250. The van der Waals surface area contributed by atoms with Crippen LogP contribution in [0.4, 0.5) is 4.39 Å². The molecule has 17 heavy (non-hydrogen) atoms. The lowest BCUT2D eigenvalue weighted by atomic mass is 10.1. The number of hydrogen-bond acceptors (Lipinski definition) is 1. The third-order valence-electron chi connectivity index (χ3n) is 2.54. The van der Waals surface area contributed by atoms with Crippen LogP contribution in [-0.2, 0) is 6.54 Å². The molecule has 0 unspecified atom stereocenters. The van der Waals surface area contributed by atoms with Gasteiger partial charge in [0, 0.05) is 12.1 Å². The molecule has 2 rings (SSSR count). The maximum Gasteiger partial charge on any atom is 0.124 e. The van der Waals surface area contributed by atoms with Gasteiger partial charge in [0.25, 0.3) is 0 Å². The fourth-order valence-corrected chi connectivity index (χ4v) is 2.48. The number of halogens is 3. The van der Waals surface area contributed by atoms with Crippen LogP contribution >= 0.6 is 27.5 Å². The molecule has 2 aromatic rings. The van der Waals surface area contributed by atoms with Gasteiger partial charge in [-0.3, -0.25) is 4.68 Å². The van der Waals surface area contributed by atoms with Gasteiger partial charge in [-0.2, -0.15) is 5.10 Å². The Kier molecular flexibility index (Phi) is 3.54. The summed E-state index contributed by atoms with van der Waals surface area (Å²) in [5, 5.41) is 4.78. The summed E-state index contributed by atoms with van der Waals surface area (Å²) in [6, 6.07) is 4.38. The van der Waals surface area contributed by atoms with Crippen LogP contribution < -0.4 is 0 Å². The number of benzene rings is 1. The molecule has 0 saturated heterocycles. The molecule has 1 aromatic heterocycles. The maximum absolute atomic E-state index is 13.0. The third kappa shape index (κ3) is 2.24. The molecular formula is C12H11BrClFN2. The molecule has 5 heteroatoms. The minimum atomic E-state index is -0.339. The molecule has 0 amide bonds. The maximum atomic E-state index is 13.0. The molecule has 0 aliphatic heterocycles. The van der Waals surface area contributed by atoms with Gasteiger partial charge in [-0.25, -0.2) is 4.39 Å². The van der Waals surface area contributed by atoms with E-state index in [1.54, 1.807) is 6.07 Å². The average Bonchev–Trinajstić information content (AvgIpc) is 2.56. The van der Waals surface area contributed by atoms with Gasteiger partial charge < -0.3 is 0 Å². The van der Waals surface area contributed by atoms with Crippen molar-refractivity contribution in [3.05, 3.63) is 39.2 Å². The number of aryl methyl sites for hydroxylation is 2. The minimum absolute atomic E-state index is 0.339. The predicted octanol–water partition coefficient (Wildman–Crippen LogP) is 4.43. The standard InChI is InChI=1S/C12H11BrClFN2/c1-3-17-12(11(13)7(2)16-17)9-5-4-8(15)6-10(9)14/h4-6H,3H2,1-2H3. The van der Waals surface area contributed by atoms with E-state index < -0.39 is 0 Å². The normalized spacial score (nSPS) is 10.9. The Morgan fingerprint density at radius 1 is 1.47 bits per heavy atom. The van der Waals surface area contributed by atoms with Gasteiger partial charge in [-0.05, 0) is 48.0 Å². The summed E-state index contributed by atoms with van der Waals surface area (Å²) in [4.78, 5) is 0. The van der Waals surface area contributed by atoms with E-state index in [0.29, 0.717) is 5.02 Å². The molecule has 0 aliphatic rings. The highest BCUT2D eigenvalue weighted by Crippen LogP contribution is 2.35. The average molecular weight is 318 g/mol. The molecule has 0 fully saturated rings. The zero-order valence-corrected chi connectivity index (χ0v) is 11.8. The van der Waals surface area contributed by atoms with Crippen molar-refractivity contribution < 1.29 is 4.39 Å². The topological polar surface area (TPSA) is 17.8 Å². The molecule has 0 bridgehead atoms. The molecule has 0 atom stereocenters. The summed E-state index contributed by atoms with van der Waals surface area (Å²) in [5.41, 5.74) is 2.56. The molecule has 0 radical (unpaired) electrons. The van der Waals surface area contributed by atoms with Gasteiger partial charge in [-0.15, -0.1) is 0 Å². The van der Waals surface area contributed by atoms with Crippen molar-refractivity contribution >= 4 is 27.5 Å². The number of aromatic nitrogens is 2. The van der Waals surface area contributed by atoms with Crippen LogP contribution in [0.15, 0.2) is 22.7 Å². The summed E-state index contributed by atoms with van der Waals surface area (Å²) in [6.07, 6.45) is 0. The molecular weight excluding hydrogens is 307 g/mol. The molecule has 1 aromatic carbocycles.